The molecule has 1 aliphatic heterocycles. The predicted octanol–water partition coefficient (Wildman–Crippen LogP) is 2.50. The maximum atomic E-state index is 5.64. The van der Waals surface area contributed by atoms with Gasteiger partial charge in [0.1, 0.15) is 0 Å². The lowest BCUT2D eigenvalue weighted by atomic mass is 9.89. The minimum Gasteiger partial charge on any atom is -0.404 e. The highest BCUT2D eigenvalue weighted by Crippen LogP contribution is 2.51. The highest BCUT2D eigenvalue weighted by Gasteiger charge is 2.43. The molecule has 1 fully saturated rings. The predicted molar refractivity (Wildman–Crippen MR) is 60.3 cm³/mol. The summed E-state index contributed by atoms with van der Waals surface area (Å²) in [5.41, 5.74) is 8.78. The molecule has 0 aromatic rings. The molecule has 2 aliphatic rings. The van der Waals surface area contributed by atoms with Gasteiger partial charge in [-0.15, -0.1) is 0 Å². The first kappa shape index (κ1) is 9.75. The zero-order valence-electron chi connectivity index (χ0n) is 9.21. The Bertz CT molecular complexity index is 283. The summed E-state index contributed by atoms with van der Waals surface area (Å²) in [5, 5.41) is 0. The second-order valence-corrected chi connectivity index (χ2v) is 5.04. The van der Waals surface area contributed by atoms with Crippen LogP contribution in [0.2, 0.25) is 0 Å². The Morgan fingerprint density at radius 3 is 2.50 bits per heavy atom. The van der Waals surface area contributed by atoms with Crippen molar-refractivity contribution in [3.8, 4) is 0 Å². The van der Waals surface area contributed by atoms with Gasteiger partial charge in [-0.05, 0) is 48.8 Å². The Balaban J connectivity index is 2.08. The summed E-state index contributed by atoms with van der Waals surface area (Å²) in [6.07, 6.45) is 7.01. The summed E-state index contributed by atoms with van der Waals surface area (Å²) in [6, 6.07) is 0. The van der Waals surface area contributed by atoms with Crippen LogP contribution in [-0.4, -0.2) is 12.3 Å². The Hall–Kier alpha value is -0.790. The molecule has 1 saturated carbocycles. The van der Waals surface area contributed by atoms with E-state index in [2.05, 4.69) is 13.8 Å². The first-order valence-electron chi connectivity index (χ1n) is 5.62. The molecule has 0 atom stereocenters. The lowest BCUT2D eigenvalue weighted by Crippen LogP contribution is -2.20. The van der Waals surface area contributed by atoms with Gasteiger partial charge in [0, 0.05) is 12.3 Å². The number of hydrogen-bond donors (Lipinski definition) is 1. The van der Waals surface area contributed by atoms with Crippen LogP contribution in [0.4, 0.5) is 0 Å². The molecule has 0 radical (unpaired) electrons. The maximum absolute atomic E-state index is 5.64. The molecule has 0 amide bonds. The summed E-state index contributed by atoms with van der Waals surface area (Å²) in [4.78, 5) is 4.71. The molecule has 2 nitrogen and oxygen atoms in total. The molecular weight excluding hydrogens is 172 g/mol. The quantitative estimate of drug-likeness (QED) is 0.717. The van der Waals surface area contributed by atoms with Crippen LogP contribution in [0.15, 0.2) is 16.8 Å². The lowest BCUT2D eigenvalue weighted by Gasteiger charge is -2.23. The van der Waals surface area contributed by atoms with Crippen molar-refractivity contribution in [3.05, 3.63) is 11.8 Å². The highest BCUT2D eigenvalue weighted by atomic mass is 14.8. The van der Waals surface area contributed by atoms with Gasteiger partial charge in [0.25, 0.3) is 0 Å². The fraction of sp³-hybridized carbons (Fsp3) is 0.750. The maximum Gasteiger partial charge on any atom is 0.0449 e. The average Bonchev–Trinajstić information content (AvgIpc) is 2.90. The number of allylic oxidation sites excluding steroid dienone is 1. The number of nitrogens with zero attached hydrogens (tertiary/aromatic N) is 1. The topological polar surface area (TPSA) is 38.4 Å². The second kappa shape index (κ2) is 3.41. The Kier molecular flexibility index (Phi) is 2.38. The SMILES string of the molecule is CC(C)/C(=C/N)C1=NCC2(CC1)CC2. The zero-order valence-corrected chi connectivity index (χ0v) is 9.21. The fourth-order valence-corrected chi connectivity index (χ4v) is 2.25. The minimum absolute atomic E-state index is 0.506. The van der Waals surface area contributed by atoms with Crippen molar-refractivity contribution in [3.63, 3.8) is 0 Å². The normalized spacial score (nSPS) is 25.4. The lowest BCUT2D eigenvalue weighted by molar-refractivity contribution is 0.471. The summed E-state index contributed by atoms with van der Waals surface area (Å²) < 4.78 is 0. The van der Waals surface area contributed by atoms with Gasteiger partial charge < -0.3 is 5.73 Å². The Labute approximate surface area is 86.3 Å². The van der Waals surface area contributed by atoms with Gasteiger partial charge >= 0.3 is 0 Å². The van der Waals surface area contributed by atoms with E-state index in [-0.39, 0.29) is 0 Å². The van der Waals surface area contributed by atoms with E-state index < -0.39 is 0 Å². The van der Waals surface area contributed by atoms with Crippen LogP contribution in [0, 0.1) is 11.3 Å². The third kappa shape index (κ3) is 1.70. The third-order valence-electron chi connectivity index (χ3n) is 3.59. The molecule has 2 N–H and O–H groups in total. The van der Waals surface area contributed by atoms with E-state index >= 15 is 0 Å². The molecule has 14 heavy (non-hydrogen) atoms. The second-order valence-electron chi connectivity index (χ2n) is 5.04. The molecule has 0 bridgehead atoms. The molecule has 1 spiro atoms. The smallest absolute Gasteiger partial charge is 0.0449 e. The standard InChI is InChI=1S/C12H20N2/c1-9(2)10(7-13)11-3-4-12(5-6-12)8-14-11/h7,9H,3-6,8,13H2,1-2H3/b10-7-. The van der Waals surface area contributed by atoms with Crippen LogP contribution in [0.1, 0.15) is 39.5 Å². The molecule has 0 aromatic carbocycles. The van der Waals surface area contributed by atoms with Gasteiger partial charge in [-0.2, -0.15) is 0 Å². The van der Waals surface area contributed by atoms with Gasteiger partial charge in [0.15, 0.2) is 0 Å². The van der Waals surface area contributed by atoms with Crippen LogP contribution in [0.3, 0.4) is 0 Å². The zero-order chi connectivity index (χ0) is 10.2. The summed E-state index contributed by atoms with van der Waals surface area (Å²) >= 11 is 0. The first-order valence-corrected chi connectivity index (χ1v) is 5.62. The van der Waals surface area contributed by atoms with E-state index in [9.17, 15) is 0 Å². The highest BCUT2D eigenvalue weighted by molar-refractivity contribution is 6.00. The molecule has 0 unspecified atom stereocenters. The molecular formula is C12H20N2. The summed E-state index contributed by atoms with van der Waals surface area (Å²) in [5.74, 6) is 0.506. The largest absolute Gasteiger partial charge is 0.404 e. The Morgan fingerprint density at radius 1 is 1.43 bits per heavy atom. The molecule has 1 aliphatic carbocycles. The van der Waals surface area contributed by atoms with Gasteiger partial charge in [0.2, 0.25) is 0 Å². The first-order chi connectivity index (χ1) is 6.67. The van der Waals surface area contributed by atoms with E-state index in [1.807, 2.05) is 0 Å². The van der Waals surface area contributed by atoms with Crippen LogP contribution >= 0.6 is 0 Å². The van der Waals surface area contributed by atoms with E-state index in [0.29, 0.717) is 11.3 Å². The molecule has 2 heteroatoms. The molecule has 2 rings (SSSR count). The summed E-state index contributed by atoms with van der Waals surface area (Å²) in [6.45, 7) is 5.41. The van der Waals surface area contributed by atoms with Crippen molar-refractivity contribution in [1.29, 1.82) is 0 Å². The van der Waals surface area contributed by atoms with Gasteiger partial charge in [-0.1, -0.05) is 13.8 Å². The van der Waals surface area contributed by atoms with Crippen molar-refractivity contribution >= 4 is 5.71 Å². The molecule has 1 heterocycles. The van der Waals surface area contributed by atoms with Crippen molar-refractivity contribution in [2.24, 2.45) is 22.1 Å². The van der Waals surface area contributed by atoms with Crippen molar-refractivity contribution in [2.75, 3.05) is 6.54 Å². The van der Waals surface area contributed by atoms with Crippen LogP contribution in [0.5, 0.6) is 0 Å². The van der Waals surface area contributed by atoms with Crippen molar-refractivity contribution in [1.82, 2.24) is 0 Å². The number of rotatable bonds is 2. The third-order valence-corrected chi connectivity index (χ3v) is 3.59. The summed E-state index contributed by atoms with van der Waals surface area (Å²) in [7, 11) is 0. The number of aliphatic imine (C=N–C) groups is 1. The van der Waals surface area contributed by atoms with Gasteiger partial charge in [0.05, 0.1) is 0 Å². The minimum atomic E-state index is 0.506. The van der Waals surface area contributed by atoms with Crippen LogP contribution < -0.4 is 5.73 Å². The van der Waals surface area contributed by atoms with Crippen LogP contribution in [-0.2, 0) is 0 Å². The van der Waals surface area contributed by atoms with Crippen molar-refractivity contribution < 1.29 is 0 Å². The molecule has 78 valence electrons. The number of hydrogen-bond acceptors (Lipinski definition) is 2. The van der Waals surface area contributed by atoms with E-state index in [1.165, 1.54) is 30.5 Å². The number of nitrogens with two attached hydrogens (primary N) is 1. The monoisotopic (exact) mass is 192 g/mol. The van der Waals surface area contributed by atoms with Crippen molar-refractivity contribution in [2.45, 2.75) is 39.5 Å². The Morgan fingerprint density at radius 2 is 2.14 bits per heavy atom. The average molecular weight is 192 g/mol. The van der Waals surface area contributed by atoms with E-state index in [1.54, 1.807) is 6.20 Å². The van der Waals surface area contributed by atoms with Gasteiger partial charge in [-0.25, -0.2) is 0 Å². The van der Waals surface area contributed by atoms with Crippen LogP contribution in [0.25, 0.3) is 0 Å². The molecule has 0 aromatic heterocycles. The van der Waals surface area contributed by atoms with Gasteiger partial charge in [-0.3, -0.25) is 4.99 Å². The van der Waals surface area contributed by atoms with E-state index in [4.69, 9.17) is 10.7 Å². The molecule has 0 saturated heterocycles. The van der Waals surface area contributed by atoms with E-state index in [0.717, 1.165) is 13.0 Å². The fourth-order valence-electron chi connectivity index (χ4n) is 2.25.